The van der Waals surface area contributed by atoms with Crippen LogP contribution in [0.4, 0.5) is 0 Å². The van der Waals surface area contributed by atoms with Gasteiger partial charge in [0.15, 0.2) is 5.78 Å². The zero-order valence-corrected chi connectivity index (χ0v) is 25.4. The van der Waals surface area contributed by atoms with Gasteiger partial charge < -0.3 is 19.3 Å². The lowest BCUT2D eigenvalue weighted by atomic mass is 9.46. The molecule has 0 aliphatic heterocycles. The second kappa shape index (κ2) is 11.3. The highest BCUT2D eigenvalue weighted by Gasteiger charge is 2.69. The Balaban J connectivity index is 1.78. The first-order valence-electron chi connectivity index (χ1n) is 14.6. The van der Waals surface area contributed by atoms with E-state index < -0.39 is 57.9 Å². The van der Waals surface area contributed by atoms with Crippen molar-refractivity contribution in [2.24, 2.45) is 40.4 Å². The first-order chi connectivity index (χ1) is 19.2. The predicted molar refractivity (Wildman–Crippen MR) is 148 cm³/mol. The summed E-state index contributed by atoms with van der Waals surface area (Å²) in [5.74, 6) is -7.97. The molecule has 0 aromatic heterocycles. The summed E-state index contributed by atoms with van der Waals surface area (Å²) in [6.45, 7) is 10.4. The number of alkyl halides is 1. The van der Waals surface area contributed by atoms with E-state index in [-0.39, 0.29) is 55.1 Å². The Bertz CT molecular complexity index is 1140. The predicted octanol–water partition coefficient (Wildman–Crippen LogP) is 4.43. The van der Waals surface area contributed by atoms with Gasteiger partial charge in [-0.05, 0) is 60.2 Å². The highest BCUT2D eigenvalue weighted by molar-refractivity contribution is 6.23. The average molecular weight is 593 g/mol. The van der Waals surface area contributed by atoms with Crippen LogP contribution < -0.4 is 0 Å². The molecular weight excluding hydrogens is 552 g/mol. The van der Waals surface area contributed by atoms with Crippen LogP contribution in [0.15, 0.2) is 23.8 Å². The highest BCUT2D eigenvalue weighted by atomic mass is 35.5. The Morgan fingerprint density at radius 3 is 2.05 bits per heavy atom. The molecule has 4 aliphatic rings. The molecule has 0 amide bonds. The lowest BCUT2D eigenvalue weighted by Crippen LogP contribution is -2.60. The number of Topliss-reactive ketones (excluding diaryl/α,β-unsaturated/α-hetero) is 1. The summed E-state index contributed by atoms with van der Waals surface area (Å²) < 4.78 is 16.3. The van der Waals surface area contributed by atoms with Crippen LogP contribution in [-0.2, 0) is 38.2 Å². The fourth-order valence-corrected chi connectivity index (χ4v) is 8.83. The minimum Gasteiger partial charge on any atom is -0.393 e. The van der Waals surface area contributed by atoms with Gasteiger partial charge >= 0.3 is 23.9 Å². The third-order valence-electron chi connectivity index (χ3n) is 10.0. The molecule has 1 N–H and O–H groups in total. The maximum Gasteiger partial charge on any atom is 0.489 e. The molecule has 226 valence electrons. The molecular formula is C31H41ClO9. The van der Waals surface area contributed by atoms with Crippen molar-refractivity contribution in [2.75, 3.05) is 0 Å². The summed E-state index contributed by atoms with van der Waals surface area (Å²) in [5, 5.41) is 11.3. The summed E-state index contributed by atoms with van der Waals surface area (Å²) >= 11 is 6.90. The third-order valence-corrected chi connectivity index (χ3v) is 10.4. The minimum absolute atomic E-state index is 0.0752. The Morgan fingerprint density at radius 1 is 1.00 bits per heavy atom. The molecule has 9 atom stereocenters. The Hall–Kier alpha value is -2.52. The molecule has 3 saturated carbocycles. The fourth-order valence-electron chi connectivity index (χ4n) is 8.33. The number of esters is 3. The van der Waals surface area contributed by atoms with Gasteiger partial charge in [-0.15, -0.1) is 11.6 Å². The van der Waals surface area contributed by atoms with E-state index in [4.69, 9.17) is 25.8 Å². The SMILES string of the molecule is CCC(=O)OC(OC(=O)CC)(OC(=O)CC)C(=O)[C@H]1C(C)C[C@H]2[C@@H]3CC(Cl)C4=CC(=O)C=C[C@]4(C)[C@H]3C(O)C[C@]12C. The molecule has 4 rings (SSSR count). The number of fused-ring (bicyclic) bond motifs is 5. The van der Waals surface area contributed by atoms with Crippen molar-refractivity contribution < 1.29 is 43.3 Å². The molecule has 0 bridgehead atoms. The van der Waals surface area contributed by atoms with E-state index in [0.717, 1.165) is 5.57 Å². The van der Waals surface area contributed by atoms with E-state index in [9.17, 15) is 29.1 Å². The van der Waals surface area contributed by atoms with Crippen LogP contribution >= 0.6 is 11.6 Å². The number of hydrogen-bond donors (Lipinski definition) is 1. The zero-order valence-electron chi connectivity index (χ0n) is 24.6. The maximum atomic E-state index is 14.6. The normalized spacial score (nSPS) is 37.7. The van der Waals surface area contributed by atoms with E-state index in [1.165, 1.54) is 26.8 Å². The maximum absolute atomic E-state index is 14.6. The van der Waals surface area contributed by atoms with Crippen molar-refractivity contribution in [1.82, 2.24) is 0 Å². The molecule has 3 unspecified atom stereocenters. The van der Waals surface area contributed by atoms with E-state index in [2.05, 4.69) is 0 Å². The average Bonchev–Trinajstić information content (AvgIpc) is 3.17. The van der Waals surface area contributed by atoms with E-state index in [1.807, 2.05) is 26.8 Å². The molecule has 3 fully saturated rings. The van der Waals surface area contributed by atoms with Crippen LogP contribution in [-0.4, -0.2) is 52.0 Å². The first-order valence-corrected chi connectivity index (χ1v) is 15.1. The molecule has 4 aliphatic carbocycles. The number of rotatable bonds is 8. The van der Waals surface area contributed by atoms with Crippen LogP contribution in [0.25, 0.3) is 0 Å². The number of ether oxygens (including phenoxy) is 3. The summed E-state index contributed by atoms with van der Waals surface area (Å²) in [7, 11) is 0. The van der Waals surface area contributed by atoms with Crippen molar-refractivity contribution in [1.29, 1.82) is 0 Å². The summed E-state index contributed by atoms with van der Waals surface area (Å²) in [4.78, 5) is 64.4. The van der Waals surface area contributed by atoms with Crippen LogP contribution in [0.2, 0.25) is 0 Å². The number of allylic oxidation sites excluding steroid dienone is 4. The molecule has 9 nitrogen and oxygen atoms in total. The smallest absolute Gasteiger partial charge is 0.393 e. The zero-order chi connectivity index (χ0) is 30.5. The molecule has 0 radical (unpaired) electrons. The minimum atomic E-state index is -2.86. The van der Waals surface area contributed by atoms with Gasteiger partial charge in [-0.3, -0.25) is 24.0 Å². The second-order valence-corrected chi connectivity index (χ2v) is 13.0. The molecule has 0 saturated heterocycles. The molecule has 41 heavy (non-hydrogen) atoms. The summed E-state index contributed by atoms with van der Waals surface area (Å²) in [6, 6.07) is 0. The molecule has 0 heterocycles. The van der Waals surface area contributed by atoms with E-state index in [1.54, 1.807) is 6.08 Å². The van der Waals surface area contributed by atoms with Gasteiger partial charge in [0, 0.05) is 36.5 Å². The van der Waals surface area contributed by atoms with Gasteiger partial charge in [-0.2, -0.15) is 0 Å². The number of aliphatic hydroxyl groups excluding tert-OH is 1. The number of carbonyl (C=O) groups is 5. The van der Waals surface area contributed by atoms with Crippen LogP contribution in [0.5, 0.6) is 0 Å². The number of aliphatic hydroxyl groups is 1. The van der Waals surface area contributed by atoms with Crippen molar-refractivity contribution in [2.45, 2.75) is 97.5 Å². The standard InChI is InChI=1S/C31H41ClO9/c1-7-23(35)39-31(40-24(36)8-2,41-25(37)9-3)28(38)26-16(4)12-19-18-14-21(32)20-13-17(33)10-11-29(20,5)27(18)22(34)15-30(19,26)6/h10-11,13,16,18-19,21-22,26-27,34H,7-9,12,14-15H2,1-6H3/t16?,18-,19-,21?,22?,26+,27+,29-,30-/m0/s1. The quantitative estimate of drug-likeness (QED) is 0.247. The van der Waals surface area contributed by atoms with Crippen molar-refractivity contribution in [3.05, 3.63) is 23.8 Å². The van der Waals surface area contributed by atoms with Gasteiger partial charge in [-0.25, -0.2) is 0 Å². The lowest BCUT2D eigenvalue weighted by molar-refractivity contribution is -0.314. The van der Waals surface area contributed by atoms with E-state index >= 15 is 0 Å². The Morgan fingerprint density at radius 2 is 1.54 bits per heavy atom. The molecule has 0 aromatic carbocycles. The number of halogens is 1. The summed E-state index contributed by atoms with van der Waals surface area (Å²) in [5.41, 5.74) is -0.637. The number of carbonyl (C=O) groups excluding carboxylic acids is 5. The largest absolute Gasteiger partial charge is 0.489 e. The highest BCUT2D eigenvalue weighted by Crippen LogP contribution is 2.68. The van der Waals surface area contributed by atoms with Gasteiger partial charge in [-0.1, -0.05) is 47.6 Å². The topological polar surface area (TPSA) is 133 Å². The molecule has 0 spiro atoms. The third kappa shape index (κ3) is 5.18. The fraction of sp³-hybridized carbons (Fsp3) is 0.710. The molecule has 0 aromatic rings. The number of hydrogen-bond acceptors (Lipinski definition) is 9. The summed E-state index contributed by atoms with van der Waals surface area (Å²) in [6.07, 6.45) is 5.03. The first kappa shape index (κ1) is 31.4. The van der Waals surface area contributed by atoms with Gasteiger partial charge in [0.25, 0.3) is 5.78 Å². The number of ketones is 2. The van der Waals surface area contributed by atoms with Gasteiger partial charge in [0.1, 0.15) is 0 Å². The molecule has 10 heteroatoms. The van der Waals surface area contributed by atoms with Crippen molar-refractivity contribution in [3.8, 4) is 0 Å². The Labute approximate surface area is 246 Å². The van der Waals surface area contributed by atoms with Crippen LogP contribution in [0, 0.1) is 40.4 Å². The van der Waals surface area contributed by atoms with Crippen molar-refractivity contribution >= 4 is 41.1 Å². The second-order valence-electron chi connectivity index (χ2n) is 12.5. The Kier molecular flexibility index (Phi) is 8.65. The van der Waals surface area contributed by atoms with Crippen molar-refractivity contribution in [3.63, 3.8) is 0 Å². The van der Waals surface area contributed by atoms with Gasteiger partial charge in [0.2, 0.25) is 0 Å². The monoisotopic (exact) mass is 592 g/mol. The lowest BCUT2D eigenvalue weighted by Gasteiger charge is -2.59. The van der Waals surface area contributed by atoms with Crippen LogP contribution in [0.1, 0.15) is 80.1 Å². The van der Waals surface area contributed by atoms with Gasteiger partial charge in [0.05, 0.1) is 11.5 Å². The van der Waals surface area contributed by atoms with Crippen LogP contribution in [0.3, 0.4) is 0 Å². The van der Waals surface area contributed by atoms with E-state index in [0.29, 0.717) is 12.8 Å².